The molecule has 1 nitrogen and oxygen atoms in total. The molecule has 90 valence electrons. The third-order valence-electron chi connectivity index (χ3n) is 2.81. The van der Waals surface area contributed by atoms with Gasteiger partial charge in [-0.15, -0.1) is 0 Å². The highest BCUT2D eigenvalue weighted by Crippen LogP contribution is 2.08. The van der Waals surface area contributed by atoms with Gasteiger partial charge in [0.05, 0.1) is 0 Å². The van der Waals surface area contributed by atoms with E-state index < -0.39 is 0 Å². The second kappa shape index (κ2) is 8.35. The van der Waals surface area contributed by atoms with Gasteiger partial charge in [-0.2, -0.15) is 0 Å². The number of hydrogen-bond acceptors (Lipinski definition) is 1. The highest BCUT2D eigenvalue weighted by atomic mass is 14.8. The molecule has 0 saturated heterocycles. The Labute approximate surface area is 100 Å². The van der Waals surface area contributed by atoms with Crippen LogP contribution in [0.4, 0.5) is 0 Å². The van der Waals surface area contributed by atoms with Crippen molar-refractivity contribution >= 4 is 0 Å². The predicted molar refractivity (Wildman–Crippen MR) is 71.9 cm³/mol. The summed E-state index contributed by atoms with van der Waals surface area (Å²) in [4.78, 5) is 0. The Hall–Kier alpha value is -0.820. The Morgan fingerprint density at radius 1 is 0.812 bits per heavy atom. The van der Waals surface area contributed by atoms with E-state index in [2.05, 4.69) is 43.4 Å². The van der Waals surface area contributed by atoms with Crippen LogP contribution in [0.3, 0.4) is 0 Å². The summed E-state index contributed by atoms with van der Waals surface area (Å²) in [7, 11) is 0. The van der Waals surface area contributed by atoms with Crippen molar-refractivity contribution in [3.63, 3.8) is 0 Å². The van der Waals surface area contributed by atoms with Crippen LogP contribution in [0.2, 0.25) is 0 Å². The summed E-state index contributed by atoms with van der Waals surface area (Å²) in [5.41, 5.74) is 2.94. The Balaban J connectivity index is 2.21. The van der Waals surface area contributed by atoms with Crippen LogP contribution in [0.5, 0.6) is 0 Å². The smallest absolute Gasteiger partial charge is 0.00458 e. The average molecular weight is 219 g/mol. The van der Waals surface area contributed by atoms with Gasteiger partial charge in [-0.1, -0.05) is 44.5 Å². The average Bonchev–Trinajstić information content (AvgIpc) is 2.31. The first-order valence-electron chi connectivity index (χ1n) is 6.65. The fourth-order valence-electron chi connectivity index (χ4n) is 1.88. The molecule has 1 N–H and O–H groups in total. The first kappa shape index (κ1) is 13.2. The molecule has 0 bridgehead atoms. The van der Waals surface area contributed by atoms with Crippen molar-refractivity contribution in [1.82, 2.24) is 5.32 Å². The first-order valence-corrected chi connectivity index (χ1v) is 6.65. The molecule has 1 rings (SSSR count). The Morgan fingerprint density at radius 2 is 1.44 bits per heavy atom. The quantitative estimate of drug-likeness (QED) is 0.659. The maximum Gasteiger partial charge on any atom is -0.00458 e. The lowest BCUT2D eigenvalue weighted by Crippen LogP contribution is -2.16. The van der Waals surface area contributed by atoms with Crippen LogP contribution >= 0.6 is 0 Å². The summed E-state index contributed by atoms with van der Waals surface area (Å²) in [6.07, 6.45) is 6.11. The van der Waals surface area contributed by atoms with Crippen molar-refractivity contribution in [2.45, 2.75) is 46.0 Å². The third kappa shape index (κ3) is 5.32. The second-order valence-corrected chi connectivity index (χ2v) is 4.42. The molecule has 0 radical (unpaired) electrons. The Morgan fingerprint density at radius 3 is 2.00 bits per heavy atom. The van der Waals surface area contributed by atoms with E-state index in [0.29, 0.717) is 0 Å². The van der Waals surface area contributed by atoms with Gasteiger partial charge in [-0.3, -0.25) is 0 Å². The largest absolute Gasteiger partial charge is 0.317 e. The summed E-state index contributed by atoms with van der Waals surface area (Å²) in [5, 5.41) is 3.44. The lowest BCUT2D eigenvalue weighted by molar-refractivity contribution is 0.640. The van der Waals surface area contributed by atoms with Crippen molar-refractivity contribution < 1.29 is 0 Å². The van der Waals surface area contributed by atoms with Crippen molar-refractivity contribution in [2.24, 2.45) is 0 Å². The molecule has 0 saturated carbocycles. The minimum absolute atomic E-state index is 1.14. The van der Waals surface area contributed by atoms with Crippen molar-refractivity contribution in [1.29, 1.82) is 0 Å². The fraction of sp³-hybridized carbons (Fsp3) is 0.600. The molecule has 0 aliphatic rings. The van der Waals surface area contributed by atoms with Gasteiger partial charge in [-0.25, -0.2) is 0 Å². The van der Waals surface area contributed by atoms with Gasteiger partial charge in [0.2, 0.25) is 0 Å². The zero-order valence-electron chi connectivity index (χ0n) is 10.8. The topological polar surface area (TPSA) is 12.0 Å². The summed E-state index contributed by atoms with van der Waals surface area (Å²) < 4.78 is 0. The molecule has 0 atom stereocenters. The van der Waals surface area contributed by atoms with Crippen LogP contribution in [0, 0.1) is 0 Å². The van der Waals surface area contributed by atoms with Gasteiger partial charge in [0.15, 0.2) is 0 Å². The summed E-state index contributed by atoms with van der Waals surface area (Å²) in [6, 6.07) is 9.12. The molecule has 0 aliphatic heterocycles. The first-order chi connectivity index (χ1) is 7.86. The van der Waals surface area contributed by atoms with Crippen molar-refractivity contribution in [3.8, 4) is 0 Å². The molecule has 0 spiro atoms. The summed E-state index contributed by atoms with van der Waals surface area (Å²) >= 11 is 0. The third-order valence-corrected chi connectivity index (χ3v) is 2.81. The van der Waals surface area contributed by atoms with Crippen LogP contribution in [-0.2, 0) is 12.8 Å². The van der Waals surface area contributed by atoms with E-state index in [-0.39, 0.29) is 0 Å². The number of nitrogens with one attached hydrogen (secondary N) is 1. The minimum Gasteiger partial charge on any atom is -0.317 e. The lowest BCUT2D eigenvalue weighted by Gasteiger charge is -2.04. The fourth-order valence-corrected chi connectivity index (χ4v) is 1.88. The zero-order valence-corrected chi connectivity index (χ0v) is 10.8. The number of rotatable bonds is 8. The number of benzene rings is 1. The maximum atomic E-state index is 3.44. The molecule has 0 amide bonds. The molecule has 1 heteroatoms. The van der Waals surface area contributed by atoms with Gasteiger partial charge >= 0.3 is 0 Å². The normalized spacial score (nSPS) is 10.6. The van der Waals surface area contributed by atoms with Crippen LogP contribution in [0.15, 0.2) is 24.3 Å². The molecule has 1 aromatic carbocycles. The van der Waals surface area contributed by atoms with Crippen LogP contribution < -0.4 is 5.32 Å². The lowest BCUT2D eigenvalue weighted by atomic mass is 10.0. The van der Waals surface area contributed by atoms with Gasteiger partial charge in [-0.05, 0) is 49.9 Å². The van der Waals surface area contributed by atoms with Crippen molar-refractivity contribution in [3.05, 3.63) is 35.4 Å². The number of hydrogen-bond donors (Lipinski definition) is 1. The van der Waals surface area contributed by atoms with E-state index in [1.54, 1.807) is 0 Å². The Kier molecular flexibility index (Phi) is 6.91. The molecule has 0 fully saturated rings. The van der Waals surface area contributed by atoms with Crippen molar-refractivity contribution in [2.75, 3.05) is 13.1 Å². The standard InChI is InChI=1S/C15H25N/c1-3-6-14-8-10-15(11-9-14)7-5-13-16-12-4-2/h8-11,16H,3-7,12-13H2,1-2H3. The minimum atomic E-state index is 1.14. The maximum absolute atomic E-state index is 3.44. The molecular formula is C15H25N. The predicted octanol–water partition coefficient (Wildman–Crippen LogP) is 3.57. The van der Waals surface area contributed by atoms with E-state index in [4.69, 9.17) is 0 Å². The second-order valence-electron chi connectivity index (χ2n) is 4.42. The van der Waals surface area contributed by atoms with Gasteiger partial charge in [0.25, 0.3) is 0 Å². The van der Waals surface area contributed by atoms with E-state index in [0.717, 1.165) is 13.1 Å². The van der Waals surface area contributed by atoms with Crippen LogP contribution in [0.1, 0.15) is 44.2 Å². The highest BCUT2D eigenvalue weighted by molar-refractivity contribution is 5.22. The van der Waals surface area contributed by atoms with Gasteiger partial charge in [0, 0.05) is 0 Å². The van der Waals surface area contributed by atoms with E-state index in [1.807, 2.05) is 0 Å². The van der Waals surface area contributed by atoms with Gasteiger partial charge < -0.3 is 5.32 Å². The molecule has 16 heavy (non-hydrogen) atoms. The molecule has 0 aromatic heterocycles. The zero-order chi connectivity index (χ0) is 11.6. The molecule has 0 aliphatic carbocycles. The van der Waals surface area contributed by atoms with E-state index in [9.17, 15) is 0 Å². The molecular weight excluding hydrogens is 194 g/mol. The van der Waals surface area contributed by atoms with Crippen LogP contribution in [-0.4, -0.2) is 13.1 Å². The Bertz CT molecular complexity index is 263. The van der Waals surface area contributed by atoms with Gasteiger partial charge in [0.1, 0.15) is 0 Å². The SMILES string of the molecule is CCCNCCCc1ccc(CCC)cc1. The highest BCUT2D eigenvalue weighted by Gasteiger charge is 1.94. The summed E-state index contributed by atoms with van der Waals surface area (Å²) in [6.45, 7) is 6.73. The summed E-state index contributed by atoms with van der Waals surface area (Å²) in [5.74, 6) is 0. The van der Waals surface area contributed by atoms with E-state index >= 15 is 0 Å². The van der Waals surface area contributed by atoms with E-state index in [1.165, 1.54) is 43.2 Å². The molecule has 1 aromatic rings. The molecule has 0 unspecified atom stereocenters. The number of aryl methyl sites for hydroxylation is 2. The monoisotopic (exact) mass is 219 g/mol. The van der Waals surface area contributed by atoms with Crippen LogP contribution in [0.25, 0.3) is 0 Å². The molecule has 0 heterocycles.